The molecule has 5 nitrogen and oxygen atoms in total. The van der Waals surface area contributed by atoms with Gasteiger partial charge in [0.05, 0.1) is 25.9 Å². The highest BCUT2D eigenvalue weighted by atomic mass is 16.5. The van der Waals surface area contributed by atoms with Crippen LogP contribution in [0.4, 0.5) is 10.5 Å². The number of hydrogen-bond donors (Lipinski definition) is 2. The summed E-state index contributed by atoms with van der Waals surface area (Å²) in [6.45, 7) is 2.49. The summed E-state index contributed by atoms with van der Waals surface area (Å²) >= 11 is 0. The Balaban J connectivity index is 1.42. The van der Waals surface area contributed by atoms with Crippen molar-refractivity contribution in [2.24, 2.45) is 0 Å². The van der Waals surface area contributed by atoms with Gasteiger partial charge in [0.1, 0.15) is 0 Å². The van der Waals surface area contributed by atoms with E-state index in [9.17, 15) is 4.79 Å². The predicted molar refractivity (Wildman–Crippen MR) is 97.6 cm³/mol. The van der Waals surface area contributed by atoms with Gasteiger partial charge in [-0.25, -0.2) is 4.79 Å². The summed E-state index contributed by atoms with van der Waals surface area (Å²) in [5.74, 6) is 0. The molecular weight excluding hydrogens is 316 g/mol. The molecule has 1 atom stereocenters. The Morgan fingerprint density at radius 1 is 1.12 bits per heavy atom. The normalized spacial score (nSPS) is 16.6. The van der Waals surface area contributed by atoms with Crippen LogP contribution in [0, 0.1) is 0 Å². The number of anilines is 1. The number of rotatable bonds is 7. The van der Waals surface area contributed by atoms with E-state index in [-0.39, 0.29) is 12.1 Å². The third kappa shape index (κ3) is 5.89. The third-order valence-electron chi connectivity index (χ3n) is 4.10. The highest BCUT2D eigenvalue weighted by Gasteiger charge is 2.17. The molecule has 5 heteroatoms. The van der Waals surface area contributed by atoms with Gasteiger partial charge >= 0.3 is 6.03 Å². The van der Waals surface area contributed by atoms with E-state index < -0.39 is 0 Å². The monoisotopic (exact) mass is 340 g/mol. The van der Waals surface area contributed by atoms with Crippen LogP contribution in [0.25, 0.3) is 0 Å². The van der Waals surface area contributed by atoms with Crippen molar-refractivity contribution in [2.75, 3.05) is 25.1 Å². The first-order chi connectivity index (χ1) is 12.3. The number of urea groups is 1. The zero-order chi connectivity index (χ0) is 17.3. The predicted octanol–water partition coefficient (Wildman–Crippen LogP) is 3.36. The first-order valence-electron chi connectivity index (χ1n) is 8.65. The Labute approximate surface area is 148 Å². The summed E-state index contributed by atoms with van der Waals surface area (Å²) in [5.41, 5.74) is 3.07. The number of ether oxygens (including phenoxy) is 2. The Hall–Kier alpha value is -2.37. The van der Waals surface area contributed by atoms with E-state index in [2.05, 4.69) is 22.8 Å². The molecule has 2 aromatic carbocycles. The molecule has 1 fully saturated rings. The van der Waals surface area contributed by atoms with E-state index in [1.807, 2.05) is 42.5 Å². The maximum atomic E-state index is 12.0. The van der Waals surface area contributed by atoms with Crippen molar-refractivity contribution in [3.05, 3.63) is 65.7 Å². The lowest BCUT2D eigenvalue weighted by Crippen LogP contribution is -2.38. The molecule has 0 spiro atoms. The minimum atomic E-state index is -0.197. The van der Waals surface area contributed by atoms with Gasteiger partial charge in [-0.3, -0.25) is 0 Å². The number of hydrogen-bond acceptors (Lipinski definition) is 3. The summed E-state index contributed by atoms with van der Waals surface area (Å²) in [5, 5.41) is 5.78. The van der Waals surface area contributed by atoms with E-state index >= 15 is 0 Å². The second kappa shape index (κ2) is 9.20. The maximum Gasteiger partial charge on any atom is 0.319 e. The van der Waals surface area contributed by atoms with Gasteiger partial charge in [-0.1, -0.05) is 42.5 Å². The van der Waals surface area contributed by atoms with Crippen LogP contribution in [0.2, 0.25) is 0 Å². The summed E-state index contributed by atoms with van der Waals surface area (Å²) in [7, 11) is 0. The van der Waals surface area contributed by atoms with E-state index in [0.29, 0.717) is 26.4 Å². The average Bonchev–Trinajstić information content (AvgIpc) is 3.13. The number of amides is 2. The lowest BCUT2D eigenvalue weighted by molar-refractivity contribution is 0.124. The van der Waals surface area contributed by atoms with E-state index in [4.69, 9.17) is 9.47 Å². The van der Waals surface area contributed by atoms with Crippen molar-refractivity contribution >= 4 is 11.7 Å². The Kier molecular flexibility index (Phi) is 6.42. The minimum absolute atomic E-state index is 0.101. The molecule has 1 heterocycles. The van der Waals surface area contributed by atoms with Crippen LogP contribution in [-0.2, 0) is 22.5 Å². The maximum absolute atomic E-state index is 12.0. The summed E-state index contributed by atoms with van der Waals surface area (Å²) in [4.78, 5) is 12.0. The quantitative estimate of drug-likeness (QED) is 0.760. The van der Waals surface area contributed by atoms with Crippen LogP contribution in [0.3, 0.4) is 0 Å². The minimum Gasteiger partial charge on any atom is -0.379 e. The molecule has 2 amide bonds. The first-order valence-corrected chi connectivity index (χ1v) is 8.65. The number of benzene rings is 2. The van der Waals surface area contributed by atoms with Crippen LogP contribution in [0.5, 0.6) is 0 Å². The van der Waals surface area contributed by atoms with E-state index in [1.54, 1.807) is 0 Å². The molecule has 0 aromatic heterocycles. The fourth-order valence-corrected chi connectivity index (χ4v) is 2.76. The second-order valence-corrected chi connectivity index (χ2v) is 6.15. The van der Waals surface area contributed by atoms with Gasteiger partial charge in [0.2, 0.25) is 0 Å². The van der Waals surface area contributed by atoms with Gasteiger partial charge in [0.25, 0.3) is 0 Å². The molecule has 132 valence electrons. The zero-order valence-electron chi connectivity index (χ0n) is 14.2. The van der Waals surface area contributed by atoms with Crippen LogP contribution in [0.1, 0.15) is 17.5 Å². The number of carbonyl (C=O) groups is 1. The van der Waals surface area contributed by atoms with Crippen molar-refractivity contribution in [2.45, 2.75) is 25.5 Å². The highest BCUT2D eigenvalue weighted by molar-refractivity contribution is 5.89. The fourth-order valence-electron chi connectivity index (χ4n) is 2.76. The largest absolute Gasteiger partial charge is 0.379 e. The molecule has 2 aromatic rings. The molecule has 1 aliphatic heterocycles. The summed E-state index contributed by atoms with van der Waals surface area (Å²) in [6.07, 6.45) is 1.76. The Bertz CT molecular complexity index is 670. The second-order valence-electron chi connectivity index (χ2n) is 6.15. The summed E-state index contributed by atoms with van der Waals surface area (Å²) < 4.78 is 11.0. The fraction of sp³-hybridized carbons (Fsp3) is 0.350. The SMILES string of the molecule is O=C(Nc1cccc(COCCc2ccccc2)c1)N[C@@H]1CCOC1. The molecule has 0 bridgehead atoms. The molecule has 0 radical (unpaired) electrons. The molecule has 2 N–H and O–H groups in total. The van der Waals surface area contributed by atoms with Crippen LogP contribution < -0.4 is 10.6 Å². The highest BCUT2D eigenvalue weighted by Crippen LogP contribution is 2.12. The number of nitrogens with one attached hydrogen (secondary N) is 2. The van der Waals surface area contributed by atoms with Gasteiger partial charge < -0.3 is 20.1 Å². The van der Waals surface area contributed by atoms with Gasteiger partial charge in [-0.15, -0.1) is 0 Å². The van der Waals surface area contributed by atoms with Crippen molar-refractivity contribution in [3.8, 4) is 0 Å². The van der Waals surface area contributed by atoms with Gasteiger partial charge in [-0.2, -0.15) is 0 Å². The average molecular weight is 340 g/mol. The van der Waals surface area contributed by atoms with Crippen LogP contribution in [0.15, 0.2) is 54.6 Å². The van der Waals surface area contributed by atoms with Crippen LogP contribution in [-0.4, -0.2) is 31.9 Å². The molecule has 1 saturated heterocycles. The van der Waals surface area contributed by atoms with E-state index in [0.717, 1.165) is 24.1 Å². The number of carbonyl (C=O) groups excluding carboxylic acids is 1. The van der Waals surface area contributed by atoms with Gasteiger partial charge in [0, 0.05) is 12.3 Å². The zero-order valence-corrected chi connectivity index (χ0v) is 14.2. The van der Waals surface area contributed by atoms with Crippen molar-refractivity contribution in [1.29, 1.82) is 0 Å². The van der Waals surface area contributed by atoms with Gasteiger partial charge in [-0.05, 0) is 36.1 Å². The molecule has 3 rings (SSSR count). The topological polar surface area (TPSA) is 59.6 Å². The molecule has 1 aliphatic rings. The standard InChI is InChI=1S/C20H24N2O3/c23-20(22-19-10-12-25-15-19)21-18-8-4-7-17(13-18)14-24-11-9-16-5-2-1-3-6-16/h1-8,13,19H,9-12,14-15H2,(H2,21,22,23)/t19-/m1/s1. The Morgan fingerprint density at radius 2 is 1.96 bits per heavy atom. The molecule has 25 heavy (non-hydrogen) atoms. The lowest BCUT2D eigenvalue weighted by Gasteiger charge is -2.12. The Morgan fingerprint density at radius 3 is 2.76 bits per heavy atom. The van der Waals surface area contributed by atoms with E-state index in [1.165, 1.54) is 5.56 Å². The molecule has 0 unspecified atom stereocenters. The van der Waals surface area contributed by atoms with Gasteiger partial charge in [0.15, 0.2) is 0 Å². The van der Waals surface area contributed by atoms with Crippen molar-refractivity contribution in [1.82, 2.24) is 5.32 Å². The molecular formula is C20H24N2O3. The smallest absolute Gasteiger partial charge is 0.319 e. The third-order valence-corrected chi connectivity index (χ3v) is 4.10. The van der Waals surface area contributed by atoms with Crippen molar-refractivity contribution < 1.29 is 14.3 Å². The summed E-state index contributed by atoms with van der Waals surface area (Å²) in [6, 6.07) is 17.9. The van der Waals surface area contributed by atoms with Crippen molar-refractivity contribution in [3.63, 3.8) is 0 Å². The van der Waals surface area contributed by atoms with Crippen LogP contribution >= 0.6 is 0 Å². The first kappa shape index (κ1) is 17.5. The molecule has 0 saturated carbocycles. The molecule has 0 aliphatic carbocycles. The lowest BCUT2D eigenvalue weighted by atomic mass is 10.2.